The minimum Gasteiger partial charge on any atom is -0.355 e. The quantitative estimate of drug-likeness (QED) is 0.749. The number of H-pyrrole nitrogens is 1. The Morgan fingerprint density at radius 2 is 2.08 bits per heavy atom. The fourth-order valence-electron chi connectivity index (χ4n) is 3.18. The van der Waals surface area contributed by atoms with E-state index in [-0.39, 0.29) is 17.2 Å². The Balaban J connectivity index is 1.63. The van der Waals surface area contributed by atoms with Crippen LogP contribution in [0.25, 0.3) is 22.5 Å². The number of benzene rings is 1. The first-order chi connectivity index (χ1) is 11.9. The van der Waals surface area contributed by atoms with Crippen molar-refractivity contribution in [1.82, 2.24) is 20.4 Å². The minimum atomic E-state index is 0.0882. The summed E-state index contributed by atoms with van der Waals surface area (Å²) in [5.41, 5.74) is 3.26. The van der Waals surface area contributed by atoms with Gasteiger partial charge in [0.15, 0.2) is 5.82 Å². The van der Waals surface area contributed by atoms with Gasteiger partial charge < -0.3 is 14.8 Å². The van der Waals surface area contributed by atoms with Gasteiger partial charge in [-0.25, -0.2) is 0 Å². The molecule has 0 aliphatic carbocycles. The molecule has 3 aromatic rings. The van der Waals surface area contributed by atoms with Crippen molar-refractivity contribution in [2.24, 2.45) is 0 Å². The van der Waals surface area contributed by atoms with Crippen molar-refractivity contribution < 1.29 is 9.32 Å². The maximum Gasteiger partial charge on any atom is 0.274 e. The third-order valence-corrected chi connectivity index (χ3v) is 4.79. The first-order valence-corrected chi connectivity index (χ1v) is 8.64. The number of carbonyl (C=O) groups is 1. The van der Waals surface area contributed by atoms with Crippen molar-refractivity contribution >= 4 is 16.8 Å². The molecule has 130 valence electrons. The fourth-order valence-corrected chi connectivity index (χ4v) is 3.18. The zero-order chi connectivity index (χ0) is 17.6. The summed E-state index contributed by atoms with van der Waals surface area (Å²) in [4.78, 5) is 19.2. The van der Waals surface area contributed by atoms with Crippen molar-refractivity contribution in [3.05, 3.63) is 35.7 Å². The molecule has 0 spiro atoms. The number of piperidine rings is 1. The lowest BCUT2D eigenvalue weighted by Crippen LogP contribution is -2.34. The fraction of sp³-hybridized carbons (Fsp3) is 0.421. The molecule has 6 nitrogen and oxygen atoms in total. The van der Waals surface area contributed by atoms with Crippen LogP contribution < -0.4 is 5.32 Å². The van der Waals surface area contributed by atoms with Crippen LogP contribution in [0, 0.1) is 0 Å². The molecule has 0 bridgehead atoms. The second-order valence-electron chi connectivity index (χ2n) is 7.73. The predicted molar refractivity (Wildman–Crippen MR) is 95.3 cm³/mol. The number of aromatic amines is 1. The average molecular weight is 338 g/mol. The summed E-state index contributed by atoms with van der Waals surface area (Å²) < 4.78 is 5.45. The Morgan fingerprint density at radius 3 is 2.80 bits per heavy atom. The molecule has 3 heterocycles. The van der Waals surface area contributed by atoms with E-state index >= 15 is 0 Å². The maximum atomic E-state index is 11.3. The van der Waals surface area contributed by atoms with Gasteiger partial charge in [-0.1, -0.05) is 32.0 Å². The van der Waals surface area contributed by atoms with E-state index in [0.717, 1.165) is 23.0 Å². The highest BCUT2D eigenvalue weighted by Gasteiger charge is 2.24. The van der Waals surface area contributed by atoms with Crippen LogP contribution in [0.5, 0.6) is 0 Å². The summed E-state index contributed by atoms with van der Waals surface area (Å²) in [7, 11) is 0. The van der Waals surface area contributed by atoms with E-state index in [4.69, 9.17) is 4.52 Å². The van der Waals surface area contributed by atoms with Gasteiger partial charge in [-0.05, 0) is 35.6 Å². The van der Waals surface area contributed by atoms with Crippen molar-refractivity contribution in [2.45, 2.75) is 44.9 Å². The van der Waals surface area contributed by atoms with Gasteiger partial charge in [0.25, 0.3) is 5.89 Å². The number of hydrogen-bond donors (Lipinski definition) is 2. The van der Waals surface area contributed by atoms with Gasteiger partial charge in [0.05, 0.1) is 0 Å². The molecule has 1 aliphatic heterocycles. The van der Waals surface area contributed by atoms with E-state index in [1.54, 1.807) is 0 Å². The van der Waals surface area contributed by atoms with Gasteiger partial charge >= 0.3 is 0 Å². The van der Waals surface area contributed by atoms with Crippen LogP contribution in [0.4, 0.5) is 0 Å². The Morgan fingerprint density at radius 1 is 1.24 bits per heavy atom. The van der Waals surface area contributed by atoms with Crippen molar-refractivity contribution in [2.75, 3.05) is 6.54 Å². The summed E-state index contributed by atoms with van der Waals surface area (Å²) >= 11 is 0. The second kappa shape index (κ2) is 5.72. The molecule has 6 heteroatoms. The monoisotopic (exact) mass is 338 g/mol. The second-order valence-corrected chi connectivity index (χ2v) is 7.73. The lowest BCUT2D eigenvalue weighted by atomic mass is 9.86. The van der Waals surface area contributed by atoms with Crippen LogP contribution in [-0.4, -0.2) is 27.6 Å². The number of fused-ring (bicyclic) bond motifs is 1. The largest absolute Gasteiger partial charge is 0.355 e. The Labute approximate surface area is 146 Å². The standard InChI is InChI=1S/C19H22N4O2/c1-19(2,3)13-5-6-14-12(8-13)9-15(21-14)18-22-17(23-25-18)11-4-7-16(24)20-10-11/h5-6,8-9,11,21H,4,7,10H2,1-3H3,(H,20,24). The molecular weight excluding hydrogens is 316 g/mol. The third kappa shape index (κ3) is 3.04. The number of aromatic nitrogens is 3. The first-order valence-electron chi connectivity index (χ1n) is 8.64. The van der Waals surface area contributed by atoms with Gasteiger partial charge in [0, 0.05) is 29.8 Å². The summed E-state index contributed by atoms with van der Waals surface area (Å²) in [6.45, 7) is 7.18. The molecule has 1 unspecified atom stereocenters. The molecule has 0 saturated carbocycles. The summed E-state index contributed by atoms with van der Waals surface area (Å²) in [6.07, 6.45) is 1.27. The van der Waals surface area contributed by atoms with Gasteiger partial charge in [-0.3, -0.25) is 4.79 Å². The molecule has 1 aliphatic rings. The smallest absolute Gasteiger partial charge is 0.274 e. The van der Waals surface area contributed by atoms with Crippen LogP contribution >= 0.6 is 0 Å². The number of rotatable bonds is 2. The number of hydrogen-bond acceptors (Lipinski definition) is 4. The van der Waals surface area contributed by atoms with Crippen molar-refractivity contribution in [3.63, 3.8) is 0 Å². The zero-order valence-electron chi connectivity index (χ0n) is 14.7. The van der Waals surface area contributed by atoms with Crippen molar-refractivity contribution in [3.8, 4) is 11.6 Å². The molecule has 0 radical (unpaired) electrons. The van der Waals surface area contributed by atoms with E-state index in [2.05, 4.69) is 59.4 Å². The first kappa shape index (κ1) is 15.9. The summed E-state index contributed by atoms with van der Waals surface area (Å²) in [5.74, 6) is 1.35. The normalized spacial score (nSPS) is 18.5. The molecular formula is C19H22N4O2. The molecule has 25 heavy (non-hydrogen) atoms. The van der Waals surface area contributed by atoms with Crippen LogP contribution in [-0.2, 0) is 10.2 Å². The highest BCUT2D eigenvalue weighted by atomic mass is 16.5. The Bertz CT molecular complexity index is 922. The highest BCUT2D eigenvalue weighted by molar-refractivity contribution is 5.85. The minimum absolute atomic E-state index is 0.0882. The molecule has 2 aromatic heterocycles. The lowest BCUT2D eigenvalue weighted by molar-refractivity contribution is -0.122. The van der Waals surface area contributed by atoms with Gasteiger partial charge in [0.1, 0.15) is 5.69 Å². The maximum absolute atomic E-state index is 11.3. The van der Waals surface area contributed by atoms with Gasteiger partial charge in [-0.2, -0.15) is 4.98 Å². The zero-order valence-corrected chi connectivity index (χ0v) is 14.7. The highest BCUT2D eigenvalue weighted by Crippen LogP contribution is 2.30. The van der Waals surface area contributed by atoms with E-state index in [1.165, 1.54) is 5.56 Å². The van der Waals surface area contributed by atoms with E-state index in [1.807, 2.05) is 6.07 Å². The molecule has 1 fully saturated rings. The van der Waals surface area contributed by atoms with E-state index in [0.29, 0.717) is 24.7 Å². The molecule has 1 aromatic carbocycles. The molecule has 1 atom stereocenters. The molecule has 2 N–H and O–H groups in total. The Kier molecular flexibility index (Phi) is 3.63. The summed E-state index contributed by atoms with van der Waals surface area (Å²) in [5, 5.41) is 8.10. The molecule has 4 rings (SSSR count). The lowest BCUT2D eigenvalue weighted by Gasteiger charge is -2.18. The Hall–Kier alpha value is -2.63. The molecule has 1 amide bonds. The van der Waals surface area contributed by atoms with Crippen LogP contribution in [0.1, 0.15) is 50.9 Å². The number of nitrogens with zero attached hydrogens (tertiary/aromatic N) is 2. The van der Waals surface area contributed by atoms with E-state index < -0.39 is 0 Å². The topological polar surface area (TPSA) is 83.8 Å². The van der Waals surface area contributed by atoms with Crippen molar-refractivity contribution in [1.29, 1.82) is 0 Å². The number of carbonyl (C=O) groups excluding carboxylic acids is 1. The van der Waals surface area contributed by atoms with Crippen LogP contribution in [0.3, 0.4) is 0 Å². The van der Waals surface area contributed by atoms with Gasteiger partial charge in [-0.15, -0.1) is 0 Å². The van der Waals surface area contributed by atoms with Gasteiger partial charge in [0.2, 0.25) is 5.91 Å². The van der Waals surface area contributed by atoms with Crippen LogP contribution in [0.15, 0.2) is 28.8 Å². The number of amides is 1. The SMILES string of the molecule is CC(C)(C)c1ccc2[nH]c(-c3nc(C4CCC(=O)NC4)no3)cc2c1. The molecule has 1 saturated heterocycles. The van der Waals surface area contributed by atoms with E-state index in [9.17, 15) is 4.79 Å². The average Bonchev–Trinajstić information content (AvgIpc) is 3.20. The number of nitrogens with one attached hydrogen (secondary N) is 2. The van der Waals surface area contributed by atoms with Crippen LogP contribution in [0.2, 0.25) is 0 Å². The predicted octanol–water partition coefficient (Wildman–Crippen LogP) is 3.51. The third-order valence-electron chi connectivity index (χ3n) is 4.79. The summed E-state index contributed by atoms with van der Waals surface area (Å²) in [6, 6.07) is 8.48.